The first kappa shape index (κ1) is 26.1. The predicted octanol–water partition coefficient (Wildman–Crippen LogP) is 3.57. The lowest BCUT2D eigenvalue weighted by atomic mass is 10.0. The molecule has 2 aliphatic heterocycles. The van der Waals surface area contributed by atoms with Crippen molar-refractivity contribution in [2.45, 2.75) is 25.8 Å². The van der Waals surface area contributed by atoms with Crippen molar-refractivity contribution in [1.29, 1.82) is 0 Å². The van der Waals surface area contributed by atoms with E-state index in [4.69, 9.17) is 4.74 Å². The summed E-state index contributed by atoms with van der Waals surface area (Å²) in [5, 5.41) is 0. The SMILES string of the molecule is CCN1CCN(C2CC(=O)N(c3ccc(C(=O)OCC(=O)c4ccc5c(c4)Cc4ccccc4-5)cc3)C2=O)CC1. The molecule has 1 atom stereocenters. The molecule has 1 aliphatic carbocycles. The van der Waals surface area contributed by atoms with Gasteiger partial charge in [-0.3, -0.25) is 19.3 Å². The normalized spacial score (nSPS) is 19.0. The van der Waals surface area contributed by atoms with Gasteiger partial charge in [0.1, 0.15) is 0 Å². The van der Waals surface area contributed by atoms with Crippen molar-refractivity contribution < 1.29 is 23.9 Å². The minimum Gasteiger partial charge on any atom is -0.454 e. The fourth-order valence-electron chi connectivity index (χ4n) is 5.93. The number of piperazine rings is 1. The number of esters is 1. The number of likely N-dealkylation sites (N-methyl/N-ethyl adjacent to an activating group) is 1. The lowest BCUT2D eigenvalue weighted by molar-refractivity contribution is -0.123. The zero-order valence-electron chi connectivity index (χ0n) is 22.5. The zero-order chi connectivity index (χ0) is 27.8. The number of Topliss-reactive ketones (excluding diaryl/α,β-unsaturated/α-hetero) is 1. The first-order valence-corrected chi connectivity index (χ1v) is 13.8. The highest BCUT2D eigenvalue weighted by atomic mass is 16.5. The molecule has 2 fully saturated rings. The number of rotatable bonds is 7. The van der Waals surface area contributed by atoms with Crippen molar-refractivity contribution in [2.24, 2.45) is 0 Å². The summed E-state index contributed by atoms with van der Waals surface area (Å²) in [5.41, 5.74) is 5.82. The number of amides is 2. The molecule has 8 nitrogen and oxygen atoms in total. The molecule has 0 aromatic heterocycles. The summed E-state index contributed by atoms with van der Waals surface area (Å²) in [6.07, 6.45) is 0.933. The third-order valence-corrected chi connectivity index (χ3v) is 8.23. The third-order valence-electron chi connectivity index (χ3n) is 8.23. The molecule has 1 unspecified atom stereocenters. The molecule has 3 aliphatic rings. The Labute approximate surface area is 233 Å². The number of ether oxygens (including phenoxy) is 1. The second-order valence-electron chi connectivity index (χ2n) is 10.5. The predicted molar refractivity (Wildman–Crippen MR) is 150 cm³/mol. The number of nitrogens with zero attached hydrogens (tertiary/aromatic N) is 3. The number of imide groups is 1. The second-order valence-corrected chi connectivity index (χ2v) is 10.5. The number of ketones is 1. The van der Waals surface area contributed by atoms with Crippen LogP contribution in [0, 0.1) is 0 Å². The summed E-state index contributed by atoms with van der Waals surface area (Å²) in [6, 6.07) is 19.5. The monoisotopic (exact) mass is 537 g/mol. The number of hydrogen-bond donors (Lipinski definition) is 0. The van der Waals surface area contributed by atoms with Crippen LogP contribution in [0.2, 0.25) is 0 Å². The van der Waals surface area contributed by atoms with Crippen LogP contribution in [-0.2, 0) is 20.7 Å². The van der Waals surface area contributed by atoms with E-state index in [0.717, 1.165) is 50.3 Å². The lowest BCUT2D eigenvalue weighted by Gasteiger charge is -2.36. The van der Waals surface area contributed by atoms with Gasteiger partial charge in [-0.05, 0) is 65.6 Å². The van der Waals surface area contributed by atoms with Gasteiger partial charge >= 0.3 is 5.97 Å². The molecule has 0 saturated carbocycles. The summed E-state index contributed by atoms with van der Waals surface area (Å²) in [5.74, 6) is -1.39. The highest BCUT2D eigenvalue weighted by molar-refractivity contribution is 6.22. The van der Waals surface area contributed by atoms with Crippen LogP contribution in [0.25, 0.3) is 11.1 Å². The van der Waals surface area contributed by atoms with Crippen molar-refractivity contribution in [1.82, 2.24) is 9.80 Å². The maximum atomic E-state index is 13.2. The van der Waals surface area contributed by atoms with Gasteiger partial charge in [0.25, 0.3) is 5.91 Å². The van der Waals surface area contributed by atoms with Crippen molar-refractivity contribution in [3.05, 3.63) is 89.0 Å². The summed E-state index contributed by atoms with van der Waals surface area (Å²) >= 11 is 0. The quantitative estimate of drug-likeness (QED) is 0.202. The molecule has 8 heteroatoms. The van der Waals surface area contributed by atoms with Gasteiger partial charge in [-0.1, -0.05) is 43.3 Å². The smallest absolute Gasteiger partial charge is 0.338 e. The van der Waals surface area contributed by atoms with E-state index in [0.29, 0.717) is 11.3 Å². The Morgan fingerprint density at radius 3 is 2.30 bits per heavy atom. The molecule has 0 bridgehead atoms. The van der Waals surface area contributed by atoms with Gasteiger partial charge in [0, 0.05) is 31.7 Å². The Kier molecular flexibility index (Phi) is 7.04. The summed E-state index contributed by atoms with van der Waals surface area (Å²) in [4.78, 5) is 57.0. The molecule has 0 N–H and O–H groups in total. The average molecular weight is 538 g/mol. The van der Waals surface area contributed by atoms with Crippen LogP contribution in [0.1, 0.15) is 45.2 Å². The van der Waals surface area contributed by atoms with E-state index in [-0.39, 0.29) is 36.2 Å². The molecular formula is C32H31N3O5. The van der Waals surface area contributed by atoms with E-state index in [1.165, 1.54) is 28.2 Å². The molecular weight excluding hydrogens is 506 g/mol. The molecule has 3 aromatic rings. The van der Waals surface area contributed by atoms with Crippen LogP contribution in [0.4, 0.5) is 5.69 Å². The molecule has 3 aromatic carbocycles. The van der Waals surface area contributed by atoms with Crippen LogP contribution in [-0.4, -0.2) is 78.7 Å². The second kappa shape index (κ2) is 10.8. The fourth-order valence-corrected chi connectivity index (χ4v) is 5.93. The highest BCUT2D eigenvalue weighted by Crippen LogP contribution is 2.36. The van der Waals surface area contributed by atoms with Crippen molar-refractivity contribution >= 4 is 29.3 Å². The van der Waals surface area contributed by atoms with E-state index in [1.54, 1.807) is 18.2 Å². The maximum absolute atomic E-state index is 13.2. The van der Waals surface area contributed by atoms with Gasteiger partial charge in [-0.2, -0.15) is 0 Å². The Bertz CT molecular complexity index is 1490. The van der Waals surface area contributed by atoms with Crippen molar-refractivity contribution in [2.75, 3.05) is 44.2 Å². The Morgan fingerprint density at radius 2 is 1.55 bits per heavy atom. The van der Waals surface area contributed by atoms with E-state index in [1.807, 2.05) is 24.3 Å². The Balaban J connectivity index is 1.06. The maximum Gasteiger partial charge on any atom is 0.338 e. The minimum atomic E-state index is -0.640. The first-order valence-electron chi connectivity index (χ1n) is 13.8. The van der Waals surface area contributed by atoms with Crippen molar-refractivity contribution in [3.8, 4) is 11.1 Å². The summed E-state index contributed by atoms with van der Waals surface area (Å²) in [6.45, 7) is 6.00. The van der Waals surface area contributed by atoms with Crippen LogP contribution < -0.4 is 4.90 Å². The molecule has 2 amide bonds. The first-order chi connectivity index (χ1) is 19.4. The number of hydrogen-bond acceptors (Lipinski definition) is 7. The van der Waals surface area contributed by atoms with Gasteiger partial charge in [0.2, 0.25) is 5.91 Å². The fraction of sp³-hybridized carbons (Fsp3) is 0.312. The summed E-state index contributed by atoms with van der Waals surface area (Å²) in [7, 11) is 0. The standard InChI is InChI=1S/C32H31N3O5/c1-2-33-13-15-34(16-14-33)28-19-30(37)35(31(28)38)25-10-7-21(8-11-25)32(39)40-20-29(36)23-9-12-27-24(18-23)17-22-5-3-4-6-26(22)27/h3-12,18,28H,2,13-17,19-20H2,1H3. The molecule has 6 rings (SSSR count). The van der Waals surface area contributed by atoms with E-state index < -0.39 is 12.0 Å². The molecule has 40 heavy (non-hydrogen) atoms. The molecule has 204 valence electrons. The van der Waals surface area contributed by atoms with Gasteiger partial charge in [0.15, 0.2) is 12.4 Å². The molecule has 0 spiro atoms. The number of benzene rings is 3. The van der Waals surface area contributed by atoms with Crippen LogP contribution in [0.15, 0.2) is 66.7 Å². The Morgan fingerprint density at radius 1 is 0.850 bits per heavy atom. The van der Waals surface area contributed by atoms with E-state index in [2.05, 4.69) is 28.9 Å². The van der Waals surface area contributed by atoms with E-state index in [9.17, 15) is 19.2 Å². The third kappa shape index (κ3) is 4.85. The number of anilines is 1. The molecule has 2 heterocycles. The van der Waals surface area contributed by atoms with Crippen LogP contribution in [0.3, 0.4) is 0 Å². The van der Waals surface area contributed by atoms with Crippen LogP contribution >= 0.6 is 0 Å². The zero-order valence-corrected chi connectivity index (χ0v) is 22.5. The highest BCUT2D eigenvalue weighted by Gasteiger charge is 2.43. The van der Waals surface area contributed by atoms with Gasteiger partial charge in [-0.25, -0.2) is 9.69 Å². The topological polar surface area (TPSA) is 87.2 Å². The number of carbonyl (C=O) groups excluding carboxylic acids is 4. The molecule has 2 saturated heterocycles. The van der Waals surface area contributed by atoms with E-state index >= 15 is 0 Å². The van der Waals surface area contributed by atoms with Gasteiger partial charge in [-0.15, -0.1) is 0 Å². The largest absolute Gasteiger partial charge is 0.454 e. The van der Waals surface area contributed by atoms with Gasteiger partial charge in [0.05, 0.1) is 23.7 Å². The van der Waals surface area contributed by atoms with Crippen LogP contribution in [0.5, 0.6) is 0 Å². The lowest BCUT2D eigenvalue weighted by Crippen LogP contribution is -2.52. The number of carbonyl (C=O) groups is 4. The minimum absolute atomic E-state index is 0.158. The van der Waals surface area contributed by atoms with Gasteiger partial charge < -0.3 is 9.64 Å². The van der Waals surface area contributed by atoms with Crippen molar-refractivity contribution in [3.63, 3.8) is 0 Å². The number of fused-ring (bicyclic) bond motifs is 3. The Hall–Kier alpha value is -4.14. The molecule has 0 radical (unpaired) electrons. The summed E-state index contributed by atoms with van der Waals surface area (Å²) < 4.78 is 5.30. The average Bonchev–Trinajstić information content (AvgIpc) is 3.51.